The van der Waals surface area contributed by atoms with E-state index in [0.29, 0.717) is 6.10 Å². The number of rotatable bonds is 4. The van der Waals surface area contributed by atoms with Gasteiger partial charge in [-0.25, -0.2) is 0 Å². The van der Waals surface area contributed by atoms with Crippen molar-refractivity contribution >= 4 is 15.9 Å². The Balaban J connectivity index is 2.10. The summed E-state index contributed by atoms with van der Waals surface area (Å²) in [5.74, 6) is 0.975. The molecule has 0 bridgehead atoms. The normalized spacial score (nSPS) is 17.5. The smallest absolute Gasteiger partial charge is 0.133 e. The Morgan fingerprint density at radius 1 is 1.32 bits per heavy atom. The molecule has 1 heterocycles. The van der Waals surface area contributed by atoms with Gasteiger partial charge in [-0.05, 0) is 71.4 Å². The summed E-state index contributed by atoms with van der Waals surface area (Å²) in [7, 11) is 0. The van der Waals surface area contributed by atoms with Crippen LogP contribution in [0.4, 0.5) is 0 Å². The summed E-state index contributed by atoms with van der Waals surface area (Å²) in [6, 6.07) is 6.52. The van der Waals surface area contributed by atoms with Gasteiger partial charge in [-0.1, -0.05) is 26.8 Å². The maximum atomic E-state index is 6.10. The molecule has 1 aromatic carbocycles. The molecule has 1 fully saturated rings. The van der Waals surface area contributed by atoms with E-state index in [1.54, 1.807) is 0 Å². The monoisotopic (exact) mass is 325 g/mol. The Morgan fingerprint density at radius 2 is 2.00 bits per heavy atom. The van der Waals surface area contributed by atoms with Gasteiger partial charge in [0.05, 0.1) is 4.47 Å². The lowest BCUT2D eigenvalue weighted by atomic mass is 9.82. The van der Waals surface area contributed by atoms with Crippen molar-refractivity contribution in [1.29, 1.82) is 0 Å². The van der Waals surface area contributed by atoms with Gasteiger partial charge in [0.15, 0.2) is 0 Å². The van der Waals surface area contributed by atoms with Crippen LogP contribution in [0.3, 0.4) is 0 Å². The molecule has 1 saturated heterocycles. The second kappa shape index (κ2) is 6.27. The van der Waals surface area contributed by atoms with E-state index in [0.717, 1.165) is 42.6 Å². The lowest BCUT2D eigenvalue weighted by Crippen LogP contribution is -2.34. The van der Waals surface area contributed by atoms with Crippen LogP contribution in [0.5, 0.6) is 5.75 Å². The molecule has 0 spiro atoms. The van der Waals surface area contributed by atoms with E-state index in [2.05, 4.69) is 60.2 Å². The first-order chi connectivity index (χ1) is 9.03. The van der Waals surface area contributed by atoms with Gasteiger partial charge < -0.3 is 10.1 Å². The zero-order valence-corrected chi connectivity index (χ0v) is 13.7. The molecule has 2 rings (SSSR count). The Hall–Kier alpha value is -0.540. The van der Waals surface area contributed by atoms with Crippen molar-refractivity contribution < 1.29 is 4.74 Å². The Morgan fingerprint density at radius 3 is 2.58 bits per heavy atom. The summed E-state index contributed by atoms with van der Waals surface area (Å²) < 4.78 is 7.17. The summed E-state index contributed by atoms with van der Waals surface area (Å²) in [6.07, 6.45) is 3.67. The van der Waals surface area contributed by atoms with Gasteiger partial charge in [0, 0.05) is 0 Å². The van der Waals surface area contributed by atoms with Crippen molar-refractivity contribution in [2.24, 2.45) is 0 Å². The molecular weight excluding hydrogens is 302 g/mol. The molecule has 0 saturated carbocycles. The second-order valence-corrected chi connectivity index (χ2v) is 6.80. The molecule has 1 aliphatic rings. The molecule has 0 aliphatic carbocycles. The standard InChI is InChI=1S/C16H24BrNO/c1-4-16(2,3)12-5-6-15(14(17)11-12)19-13-7-9-18-10-8-13/h5-6,11,13,18H,4,7-10H2,1-3H3. The molecule has 0 atom stereocenters. The first-order valence-corrected chi connectivity index (χ1v) is 7.99. The van der Waals surface area contributed by atoms with Crippen LogP contribution in [-0.4, -0.2) is 19.2 Å². The van der Waals surface area contributed by atoms with Crippen LogP contribution in [0, 0.1) is 0 Å². The van der Waals surface area contributed by atoms with E-state index in [1.807, 2.05) is 0 Å². The number of hydrogen-bond donors (Lipinski definition) is 1. The van der Waals surface area contributed by atoms with Crippen LogP contribution in [0.1, 0.15) is 45.6 Å². The average molecular weight is 326 g/mol. The quantitative estimate of drug-likeness (QED) is 0.892. The molecule has 0 unspecified atom stereocenters. The van der Waals surface area contributed by atoms with Crippen LogP contribution in [0.15, 0.2) is 22.7 Å². The van der Waals surface area contributed by atoms with Crippen molar-refractivity contribution in [3.8, 4) is 5.75 Å². The third kappa shape index (κ3) is 3.73. The van der Waals surface area contributed by atoms with Crippen molar-refractivity contribution in [3.05, 3.63) is 28.2 Å². The van der Waals surface area contributed by atoms with Gasteiger partial charge in [0.25, 0.3) is 0 Å². The van der Waals surface area contributed by atoms with E-state index < -0.39 is 0 Å². The zero-order valence-electron chi connectivity index (χ0n) is 12.1. The van der Waals surface area contributed by atoms with Gasteiger partial charge in [-0.2, -0.15) is 0 Å². The molecule has 1 aromatic rings. The maximum absolute atomic E-state index is 6.10. The second-order valence-electron chi connectivity index (χ2n) is 5.95. The molecule has 106 valence electrons. The first kappa shape index (κ1) is 14.9. The largest absolute Gasteiger partial charge is 0.489 e. The molecule has 3 heteroatoms. The summed E-state index contributed by atoms with van der Waals surface area (Å²) >= 11 is 3.65. The summed E-state index contributed by atoms with van der Waals surface area (Å²) in [5, 5.41) is 3.36. The fourth-order valence-electron chi connectivity index (χ4n) is 2.31. The minimum Gasteiger partial charge on any atom is -0.489 e. The van der Waals surface area contributed by atoms with Crippen LogP contribution >= 0.6 is 15.9 Å². The SMILES string of the molecule is CCC(C)(C)c1ccc(OC2CCNCC2)c(Br)c1. The van der Waals surface area contributed by atoms with E-state index >= 15 is 0 Å². The highest BCUT2D eigenvalue weighted by atomic mass is 79.9. The van der Waals surface area contributed by atoms with Crippen molar-refractivity contribution in [1.82, 2.24) is 5.32 Å². The number of nitrogens with one attached hydrogen (secondary N) is 1. The van der Waals surface area contributed by atoms with Gasteiger partial charge in [-0.15, -0.1) is 0 Å². The Bertz CT molecular complexity index is 425. The number of piperidine rings is 1. The predicted octanol–water partition coefficient (Wildman–Crippen LogP) is 4.27. The maximum Gasteiger partial charge on any atom is 0.133 e. The van der Waals surface area contributed by atoms with E-state index in [9.17, 15) is 0 Å². The van der Waals surface area contributed by atoms with Crippen molar-refractivity contribution in [2.75, 3.05) is 13.1 Å². The number of benzene rings is 1. The number of hydrogen-bond acceptors (Lipinski definition) is 2. The number of ether oxygens (including phenoxy) is 1. The van der Waals surface area contributed by atoms with E-state index in [4.69, 9.17) is 4.74 Å². The highest BCUT2D eigenvalue weighted by molar-refractivity contribution is 9.10. The first-order valence-electron chi connectivity index (χ1n) is 7.20. The topological polar surface area (TPSA) is 21.3 Å². The fourth-order valence-corrected chi connectivity index (χ4v) is 2.79. The lowest BCUT2D eigenvalue weighted by Gasteiger charge is -2.26. The predicted molar refractivity (Wildman–Crippen MR) is 84.0 cm³/mol. The summed E-state index contributed by atoms with van der Waals surface area (Å²) in [5.41, 5.74) is 1.58. The van der Waals surface area contributed by atoms with Crippen molar-refractivity contribution in [2.45, 2.75) is 51.6 Å². The van der Waals surface area contributed by atoms with Gasteiger partial charge in [-0.3, -0.25) is 0 Å². The Labute approximate surface area is 125 Å². The molecule has 19 heavy (non-hydrogen) atoms. The molecule has 0 aromatic heterocycles. The average Bonchev–Trinajstić information content (AvgIpc) is 2.42. The van der Waals surface area contributed by atoms with Gasteiger partial charge >= 0.3 is 0 Å². The van der Waals surface area contributed by atoms with Crippen LogP contribution < -0.4 is 10.1 Å². The number of halogens is 1. The van der Waals surface area contributed by atoms with Crippen LogP contribution in [-0.2, 0) is 5.41 Å². The van der Waals surface area contributed by atoms with Crippen LogP contribution in [0.2, 0.25) is 0 Å². The van der Waals surface area contributed by atoms with Crippen molar-refractivity contribution in [3.63, 3.8) is 0 Å². The lowest BCUT2D eigenvalue weighted by molar-refractivity contribution is 0.161. The minimum absolute atomic E-state index is 0.218. The molecule has 0 amide bonds. The van der Waals surface area contributed by atoms with Gasteiger partial charge in [0.2, 0.25) is 0 Å². The van der Waals surface area contributed by atoms with Crippen LogP contribution in [0.25, 0.3) is 0 Å². The summed E-state index contributed by atoms with van der Waals surface area (Å²) in [4.78, 5) is 0. The van der Waals surface area contributed by atoms with Gasteiger partial charge in [0.1, 0.15) is 11.9 Å². The molecule has 1 aliphatic heterocycles. The molecule has 2 nitrogen and oxygen atoms in total. The third-order valence-corrected chi connectivity index (χ3v) is 4.80. The highest BCUT2D eigenvalue weighted by Gasteiger charge is 2.20. The fraction of sp³-hybridized carbons (Fsp3) is 0.625. The molecule has 0 radical (unpaired) electrons. The zero-order chi connectivity index (χ0) is 13.9. The Kier molecular flexibility index (Phi) is 4.91. The minimum atomic E-state index is 0.218. The van der Waals surface area contributed by atoms with E-state index in [1.165, 1.54) is 5.56 Å². The molecule has 1 N–H and O–H groups in total. The van der Waals surface area contributed by atoms with E-state index in [-0.39, 0.29) is 5.41 Å². The summed E-state index contributed by atoms with van der Waals surface area (Å²) in [6.45, 7) is 8.91. The highest BCUT2D eigenvalue weighted by Crippen LogP contribution is 2.34. The molecular formula is C16H24BrNO. The third-order valence-electron chi connectivity index (χ3n) is 4.18.